The first-order valence-corrected chi connectivity index (χ1v) is 7.83. The number of hydrogen-bond acceptors (Lipinski definition) is 4. The quantitative estimate of drug-likeness (QED) is 0.765. The highest BCUT2D eigenvalue weighted by molar-refractivity contribution is 6.00. The first-order chi connectivity index (χ1) is 11.5. The second kappa shape index (κ2) is 6.93. The van der Waals surface area contributed by atoms with Crippen molar-refractivity contribution in [2.24, 2.45) is 5.92 Å². The number of carbonyl (C=O) groups is 2. The van der Waals surface area contributed by atoms with Crippen LogP contribution in [-0.2, 0) is 4.74 Å². The Bertz CT molecular complexity index is 652. The van der Waals surface area contributed by atoms with E-state index in [2.05, 4.69) is 4.74 Å². The van der Waals surface area contributed by atoms with Gasteiger partial charge in [0.15, 0.2) is 5.78 Å². The van der Waals surface area contributed by atoms with E-state index in [0.717, 1.165) is 6.07 Å². The number of ether oxygens (including phenoxy) is 2. The van der Waals surface area contributed by atoms with E-state index in [4.69, 9.17) is 4.74 Å². The highest BCUT2D eigenvalue weighted by Gasteiger charge is 2.37. The van der Waals surface area contributed by atoms with Crippen LogP contribution in [0.2, 0.25) is 0 Å². The highest BCUT2D eigenvalue weighted by atomic mass is 19.4. The fraction of sp³-hybridized carbons (Fsp3) is 0.529. The molecule has 1 aromatic carbocycles. The Morgan fingerprint density at radius 3 is 2.40 bits per heavy atom. The van der Waals surface area contributed by atoms with Gasteiger partial charge in [-0.2, -0.15) is 0 Å². The normalized spacial score (nSPS) is 18.2. The smallest absolute Gasteiger partial charge is 0.444 e. The summed E-state index contributed by atoms with van der Waals surface area (Å²) in [4.78, 5) is 26.0. The van der Waals surface area contributed by atoms with Gasteiger partial charge in [-0.1, -0.05) is 12.1 Å². The zero-order chi connectivity index (χ0) is 18.8. The van der Waals surface area contributed by atoms with Crippen molar-refractivity contribution in [3.63, 3.8) is 0 Å². The lowest BCUT2D eigenvalue weighted by atomic mass is 9.96. The van der Waals surface area contributed by atoms with Gasteiger partial charge in [-0.05, 0) is 39.3 Å². The van der Waals surface area contributed by atoms with Gasteiger partial charge in [0.25, 0.3) is 0 Å². The SMILES string of the molecule is CC(C)(C)OC(=O)N1CCC(C(=O)c2ccccc2OC(F)(F)F)C1. The van der Waals surface area contributed by atoms with Crippen molar-refractivity contribution >= 4 is 11.9 Å². The van der Waals surface area contributed by atoms with E-state index in [0.29, 0.717) is 13.0 Å². The molecule has 8 heteroatoms. The van der Waals surface area contributed by atoms with Crippen molar-refractivity contribution in [2.75, 3.05) is 13.1 Å². The zero-order valence-corrected chi connectivity index (χ0v) is 14.2. The monoisotopic (exact) mass is 359 g/mol. The first kappa shape index (κ1) is 19.1. The van der Waals surface area contributed by atoms with Crippen LogP contribution in [0, 0.1) is 5.92 Å². The summed E-state index contributed by atoms with van der Waals surface area (Å²) in [5.41, 5.74) is -0.803. The van der Waals surface area contributed by atoms with Gasteiger partial charge in [0.05, 0.1) is 5.56 Å². The Hall–Kier alpha value is -2.25. The van der Waals surface area contributed by atoms with Gasteiger partial charge in [-0.25, -0.2) is 4.79 Å². The average Bonchev–Trinajstić information content (AvgIpc) is 2.93. The summed E-state index contributed by atoms with van der Waals surface area (Å²) in [6.45, 7) is 5.61. The number of Topliss-reactive ketones (excluding diaryl/α,β-unsaturated/α-hetero) is 1. The number of para-hydroxylation sites is 1. The molecule has 0 N–H and O–H groups in total. The molecule has 5 nitrogen and oxygen atoms in total. The van der Waals surface area contributed by atoms with Crippen molar-refractivity contribution in [1.29, 1.82) is 0 Å². The number of amides is 1. The molecule has 0 radical (unpaired) electrons. The second-order valence-electron chi connectivity index (χ2n) is 6.82. The topological polar surface area (TPSA) is 55.8 Å². The van der Waals surface area contributed by atoms with E-state index in [-0.39, 0.29) is 12.1 Å². The summed E-state index contributed by atoms with van der Waals surface area (Å²) >= 11 is 0. The molecule has 1 aliphatic heterocycles. The number of benzene rings is 1. The molecular formula is C17H20F3NO4. The molecule has 0 aromatic heterocycles. The van der Waals surface area contributed by atoms with Crippen LogP contribution in [0.25, 0.3) is 0 Å². The summed E-state index contributed by atoms with van der Waals surface area (Å²) in [7, 11) is 0. The summed E-state index contributed by atoms with van der Waals surface area (Å²) < 4.78 is 46.6. The third-order valence-electron chi connectivity index (χ3n) is 3.59. The van der Waals surface area contributed by atoms with E-state index in [1.165, 1.54) is 23.1 Å². The van der Waals surface area contributed by atoms with Crippen LogP contribution in [0.3, 0.4) is 0 Å². The largest absolute Gasteiger partial charge is 0.573 e. The van der Waals surface area contributed by atoms with E-state index in [1.807, 2.05) is 0 Å². The Kier molecular flexibility index (Phi) is 5.29. The maximum atomic E-state index is 12.6. The predicted molar refractivity (Wildman–Crippen MR) is 83.4 cm³/mol. The Labute approximate surface area is 143 Å². The van der Waals surface area contributed by atoms with E-state index in [9.17, 15) is 22.8 Å². The van der Waals surface area contributed by atoms with Crippen molar-refractivity contribution in [1.82, 2.24) is 4.90 Å². The van der Waals surface area contributed by atoms with Gasteiger partial charge >= 0.3 is 12.5 Å². The van der Waals surface area contributed by atoms with Gasteiger partial charge in [0.2, 0.25) is 0 Å². The zero-order valence-electron chi connectivity index (χ0n) is 14.2. The maximum absolute atomic E-state index is 12.6. The number of likely N-dealkylation sites (tertiary alicyclic amines) is 1. The molecule has 0 spiro atoms. The Morgan fingerprint density at radius 2 is 1.80 bits per heavy atom. The van der Waals surface area contributed by atoms with E-state index < -0.39 is 35.5 Å². The average molecular weight is 359 g/mol. The standard InChI is InChI=1S/C17H20F3NO4/c1-16(2,3)25-15(23)21-9-8-11(10-21)14(22)12-6-4-5-7-13(12)24-17(18,19)20/h4-7,11H,8-10H2,1-3H3. The highest BCUT2D eigenvalue weighted by Crippen LogP contribution is 2.30. The maximum Gasteiger partial charge on any atom is 0.573 e. The molecule has 1 heterocycles. The van der Waals surface area contributed by atoms with Gasteiger partial charge in [-0.3, -0.25) is 4.79 Å². The fourth-order valence-electron chi connectivity index (χ4n) is 2.57. The molecular weight excluding hydrogens is 339 g/mol. The lowest BCUT2D eigenvalue weighted by molar-refractivity contribution is -0.274. The van der Waals surface area contributed by atoms with Gasteiger partial charge in [0, 0.05) is 19.0 Å². The number of ketones is 1. The molecule has 0 bridgehead atoms. The van der Waals surface area contributed by atoms with Gasteiger partial charge in [0.1, 0.15) is 11.4 Å². The third-order valence-corrected chi connectivity index (χ3v) is 3.59. The predicted octanol–water partition coefficient (Wildman–Crippen LogP) is 4.02. The van der Waals surface area contributed by atoms with Crippen molar-refractivity contribution in [3.8, 4) is 5.75 Å². The molecule has 2 rings (SSSR count). The molecule has 138 valence electrons. The van der Waals surface area contributed by atoms with Gasteiger partial charge < -0.3 is 14.4 Å². The minimum atomic E-state index is -4.88. The molecule has 1 saturated heterocycles. The lowest BCUT2D eigenvalue weighted by Crippen LogP contribution is -2.36. The molecule has 0 aliphatic carbocycles. The number of carbonyl (C=O) groups excluding carboxylic acids is 2. The van der Waals surface area contributed by atoms with E-state index in [1.54, 1.807) is 20.8 Å². The third kappa shape index (κ3) is 5.37. The minimum Gasteiger partial charge on any atom is -0.444 e. The van der Waals surface area contributed by atoms with Crippen LogP contribution < -0.4 is 4.74 Å². The van der Waals surface area contributed by atoms with Crippen LogP contribution in [0.5, 0.6) is 5.75 Å². The fourth-order valence-corrected chi connectivity index (χ4v) is 2.57. The van der Waals surface area contributed by atoms with Crippen LogP contribution in [0.15, 0.2) is 24.3 Å². The van der Waals surface area contributed by atoms with Crippen molar-refractivity contribution < 1.29 is 32.2 Å². The Morgan fingerprint density at radius 1 is 1.16 bits per heavy atom. The molecule has 1 aliphatic rings. The summed E-state index contributed by atoms with van der Waals surface area (Å²) in [6.07, 6.45) is -5.06. The molecule has 1 atom stereocenters. The number of nitrogens with zero attached hydrogens (tertiary/aromatic N) is 1. The molecule has 0 saturated carbocycles. The first-order valence-electron chi connectivity index (χ1n) is 7.83. The summed E-state index contributed by atoms with van der Waals surface area (Å²) in [6, 6.07) is 5.22. The molecule has 1 unspecified atom stereocenters. The van der Waals surface area contributed by atoms with Crippen molar-refractivity contribution in [2.45, 2.75) is 39.2 Å². The number of halogens is 3. The summed E-state index contributed by atoms with van der Waals surface area (Å²) in [5, 5.41) is 0. The number of hydrogen-bond donors (Lipinski definition) is 0. The van der Waals surface area contributed by atoms with Gasteiger partial charge in [-0.15, -0.1) is 13.2 Å². The Balaban J connectivity index is 2.09. The van der Waals surface area contributed by atoms with Crippen molar-refractivity contribution in [3.05, 3.63) is 29.8 Å². The minimum absolute atomic E-state index is 0.105. The number of rotatable bonds is 3. The summed E-state index contributed by atoms with van der Waals surface area (Å²) in [5.74, 6) is -1.60. The second-order valence-corrected chi connectivity index (χ2v) is 6.82. The number of alkyl halides is 3. The van der Waals surface area contributed by atoms with Crippen LogP contribution in [0.4, 0.5) is 18.0 Å². The molecule has 25 heavy (non-hydrogen) atoms. The van der Waals surface area contributed by atoms with Crippen LogP contribution in [-0.4, -0.2) is 41.8 Å². The molecule has 1 amide bonds. The van der Waals surface area contributed by atoms with Crippen LogP contribution in [0.1, 0.15) is 37.6 Å². The van der Waals surface area contributed by atoms with Crippen LogP contribution >= 0.6 is 0 Å². The molecule has 1 aromatic rings. The molecule has 1 fully saturated rings. The lowest BCUT2D eigenvalue weighted by Gasteiger charge is -2.24. The van der Waals surface area contributed by atoms with E-state index >= 15 is 0 Å².